The molecule has 20 heteroatoms. The fourth-order valence-corrected chi connectivity index (χ4v) is 7.41. The molecule has 6 rings (SSSR count). The molecule has 1 aliphatic rings. The number of aryl methyl sites for hydroxylation is 1. The minimum absolute atomic E-state index is 0.0253. The van der Waals surface area contributed by atoms with E-state index in [-0.39, 0.29) is 63.4 Å². The molecule has 0 spiro atoms. The van der Waals surface area contributed by atoms with E-state index in [2.05, 4.69) is 26.3 Å². The van der Waals surface area contributed by atoms with E-state index in [1.165, 1.54) is 21.8 Å². The summed E-state index contributed by atoms with van der Waals surface area (Å²) in [7, 11) is 0. The standard InChI is InChI=1S/C45H53FN10O9/c1-5-53-24-32(41(59)60)38(57)31-22-33(46)37(23-36(31)53)54-18-20-55(21-19-54)44(63)65-27-29-13-15-30(16-14-29)49-40(58)35(12-9-17-48-42(47)61)56-25-34(51-52-56)39(45(2,3)4)50-43(62)64-26-28-10-7-6-8-11-28/h6-8,10-11,13-16,22-25,35,39H,5,9,12,17-21,26-27H2,1-4H3,(H,49,58)(H,50,62)(H,59,60)(H3,47,48,61). The van der Waals surface area contributed by atoms with E-state index < -0.39 is 64.4 Å². The Kier molecular flexibility index (Phi) is 15.0. The summed E-state index contributed by atoms with van der Waals surface area (Å²) in [6, 6.07) is 16.4. The number of nitrogens with one attached hydrogen (secondary N) is 3. The van der Waals surface area contributed by atoms with Crippen LogP contribution in [0.2, 0.25) is 0 Å². The Labute approximate surface area is 373 Å². The van der Waals surface area contributed by atoms with Gasteiger partial charge < -0.3 is 50.6 Å². The highest BCUT2D eigenvalue weighted by molar-refractivity contribution is 5.94. The van der Waals surface area contributed by atoms with Crippen LogP contribution in [0.15, 0.2) is 83.9 Å². The lowest BCUT2D eigenvalue weighted by Gasteiger charge is -2.35. The monoisotopic (exact) mass is 896 g/mol. The number of pyridine rings is 1. The molecule has 3 heterocycles. The third-order valence-electron chi connectivity index (χ3n) is 10.9. The molecule has 19 nitrogen and oxygen atoms in total. The van der Waals surface area contributed by atoms with Gasteiger partial charge in [-0.2, -0.15) is 0 Å². The van der Waals surface area contributed by atoms with E-state index in [0.717, 1.165) is 11.6 Å². The van der Waals surface area contributed by atoms with Crippen molar-refractivity contribution in [1.29, 1.82) is 0 Å². The second kappa shape index (κ2) is 20.8. The molecule has 3 aromatic carbocycles. The predicted molar refractivity (Wildman–Crippen MR) is 238 cm³/mol. The summed E-state index contributed by atoms with van der Waals surface area (Å²) in [4.78, 5) is 78.7. The molecule has 2 atom stereocenters. The predicted octanol–water partition coefficient (Wildman–Crippen LogP) is 5.55. The van der Waals surface area contributed by atoms with Crippen LogP contribution in [0.5, 0.6) is 0 Å². The van der Waals surface area contributed by atoms with Crippen LogP contribution >= 0.6 is 0 Å². The first kappa shape index (κ1) is 47.0. The van der Waals surface area contributed by atoms with Crippen LogP contribution in [0.1, 0.15) is 79.8 Å². The highest BCUT2D eigenvalue weighted by Crippen LogP contribution is 2.33. The number of aromatic carboxylic acids is 1. The van der Waals surface area contributed by atoms with Crippen LogP contribution in [-0.2, 0) is 34.0 Å². The number of aromatic nitrogens is 4. The van der Waals surface area contributed by atoms with E-state index in [1.807, 2.05) is 51.1 Å². The maximum Gasteiger partial charge on any atom is 0.410 e. The molecule has 5 amide bonds. The topological polar surface area (TPSA) is 245 Å². The van der Waals surface area contributed by atoms with Crippen molar-refractivity contribution in [1.82, 2.24) is 35.1 Å². The van der Waals surface area contributed by atoms with Gasteiger partial charge in [-0.1, -0.05) is 68.4 Å². The molecule has 0 saturated carbocycles. The molecule has 1 aliphatic heterocycles. The maximum absolute atomic E-state index is 15.4. The summed E-state index contributed by atoms with van der Waals surface area (Å²) in [5.74, 6) is -2.48. The van der Waals surface area contributed by atoms with Crippen molar-refractivity contribution >= 4 is 52.4 Å². The molecular formula is C45H53FN10O9. The number of piperazine rings is 1. The minimum Gasteiger partial charge on any atom is -0.477 e. The summed E-state index contributed by atoms with van der Waals surface area (Å²) >= 11 is 0. The quantitative estimate of drug-likeness (QED) is 0.0766. The normalized spacial score (nSPS) is 13.7. The Hall–Kier alpha value is -7.51. The average Bonchev–Trinajstić information content (AvgIpc) is 3.76. The number of nitrogens with two attached hydrogens (primary N) is 1. The third kappa shape index (κ3) is 11.9. The molecule has 1 fully saturated rings. The second-order valence-corrected chi connectivity index (χ2v) is 16.6. The lowest BCUT2D eigenvalue weighted by Crippen LogP contribution is -2.49. The Balaban J connectivity index is 1.05. The Bertz CT molecular complexity index is 2570. The summed E-state index contributed by atoms with van der Waals surface area (Å²) in [5.41, 5.74) is 6.51. The zero-order chi connectivity index (χ0) is 46.8. The van der Waals surface area contributed by atoms with E-state index in [9.17, 15) is 33.9 Å². The number of ether oxygens (including phenoxy) is 2. The van der Waals surface area contributed by atoms with Crippen molar-refractivity contribution in [2.45, 2.75) is 72.4 Å². The fourth-order valence-electron chi connectivity index (χ4n) is 7.41. The zero-order valence-corrected chi connectivity index (χ0v) is 36.6. The first-order valence-electron chi connectivity index (χ1n) is 21.1. The second-order valence-electron chi connectivity index (χ2n) is 16.6. The number of fused-ring (bicyclic) bond motifs is 1. The summed E-state index contributed by atoms with van der Waals surface area (Å²) < 4.78 is 29.4. The molecule has 0 aliphatic carbocycles. The third-order valence-corrected chi connectivity index (χ3v) is 10.9. The number of nitrogens with zero attached hydrogens (tertiary/aromatic N) is 6. The van der Waals surface area contributed by atoms with Gasteiger partial charge in [-0.3, -0.25) is 9.59 Å². The molecule has 2 aromatic heterocycles. The van der Waals surface area contributed by atoms with E-state index in [4.69, 9.17) is 15.2 Å². The van der Waals surface area contributed by atoms with Gasteiger partial charge in [0, 0.05) is 56.5 Å². The van der Waals surface area contributed by atoms with Crippen LogP contribution < -0.4 is 32.0 Å². The van der Waals surface area contributed by atoms with Gasteiger partial charge in [0.25, 0.3) is 0 Å². The van der Waals surface area contributed by atoms with Crippen molar-refractivity contribution in [3.8, 4) is 0 Å². The molecular weight excluding hydrogens is 844 g/mol. The van der Waals surface area contributed by atoms with Crippen LogP contribution in [-0.4, -0.2) is 92.4 Å². The number of carboxylic acid groups (broad SMARTS) is 1. The van der Waals surface area contributed by atoms with Crippen molar-refractivity contribution < 1.29 is 42.9 Å². The van der Waals surface area contributed by atoms with Gasteiger partial charge in [0.05, 0.1) is 23.4 Å². The van der Waals surface area contributed by atoms with Crippen LogP contribution in [0.25, 0.3) is 10.9 Å². The van der Waals surface area contributed by atoms with E-state index in [1.54, 1.807) is 46.9 Å². The molecule has 0 bridgehead atoms. The summed E-state index contributed by atoms with van der Waals surface area (Å²) in [5, 5.41) is 26.3. The van der Waals surface area contributed by atoms with Crippen LogP contribution in [0.3, 0.4) is 0 Å². The first-order chi connectivity index (χ1) is 31.0. The number of anilines is 2. The van der Waals surface area contributed by atoms with Gasteiger partial charge in [-0.25, -0.2) is 28.3 Å². The summed E-state index contributed by atoms with van der Waals surface area (Å²) in [6.45, 7) is 9.20. The van der Waals surface area contributed by atoms with Gasteiger partial charge in [0.2, 0.25) is 11.3 Å². The smallest absolute Gasteiger partial charge is 0.410 e. The number of primary amides is 1. The zero-order valence-electron chi connectivity index (χ0n) is 36.6. The molecule has 65 heavy (non-hydrogen) atoms. The molecule has 6 N–H and O–H groups in total. The first-order valence-corrected chi connectivity index (χ1v) is 21.1. The largest absolute Gasteiger partial charge is 0.477 e. The number of alkyl carbamates (subject to hydrolysis) is 1. The number of rotatable bonds is 16. The maximum atomic E-state index is 15.4. The molecule has 1 saturated heterocycles. The number of hydrogen-bond acceptors (Lipinski definition) is 11. The van der Waals surface area contributed by atoms with Crippen LogP contribution in [0, 0.1) is 11.2 Å². The highest BCUT2D eigenvalue weighted by Gasteiger charge is 2.33. The van der Waals surface area contributed by atoms with Crippen molar-refractivity contribution in [2.24, 2.45) is 11.1 Å². The number of carbonyl (C=O) groups excluding carboxylic acids is 4. The van der Waals surface area contributed by atoms with Gasteiger partial charge >= 0.3 is 24.2 Å². The SMILES string of the molecule is CCn1cc(C(=O)O)c(=O)c2cc(F)c(N3CCN(C(=O)OCc4ccc(NC(=O)C(CCCNC(N)=O)n5cc(C(NC(=O)OCc6ccccc6)C(C)(C)C)nn5)cc4)CC3)cc21. The number of halogens is 1. The highest BCUT2D eigenvalue weighted by atomic mass is 19.1. The molecule has 344 valence electrons. The van der Waals surface area contributed by atoms with Gasteiger partial charge in [-0.15, -0.1) is 5.10 Å². The lowest BCUT2D eigenvalue weighted by molar-refractivity contribution is -0.119. The van der Waals surface area contributed by atoms with Gasteiger partial charge in [0.1, 0.15) is 36.3 Å². The Morgan fingerprint density at radius 2 is 1.60 bits per heavy atom. The number of carboxylic acids is 1. The lowest BCUT2D eigenvalue weighted by atomic mass is 9.85. The van der Waals surface area contributed by atoms with Gasteiger partial charge in [-0.05, 0) is 60.6 Å². The number of hydrogen-bond donors (Lipinski definition) is 5. The minimum atomic E-state index is -1.39. The van der Waals surface area contributed by atoms with Gasteiger partial charge in [0.15, 0.2) is 0 Å². The molecule has 2 unspecified atom stereocenters. The Morgan fingerprint density at radius 1 is 0.923 bits per heavy atom. The molecule has 5 aromatic rings. The number of carbonyl (C=O) groups is 5. The van der Waals surface area contributed by atoms with Crippen molar-refractivity contribution in [2.75, 3.05) is 42.9 Å². The number of benzene rings is 3. The Morgan fingerprint density at radius 3 is 2.25 bits per heavy atom. The fraction of sp³-hybridized carbons (Fsp3) is 0.378. The van der Waals surface area contributed by atoms with E-state index >= 15 is 4.39 Å². The van der Waals surface area contributed by atoms with Crippen molar-refractivity contribution in [3.63, 3.8) is 0 Å². The van der Waals surface area contributed by atoms with Crippen molar-refractivity contribution in [3.05, 3.63) is 118 Å². The number of amides is 5. The van der Waals surface area contributed by atoms with E-state index in [0.29, 0.717) is 35.4 Å². The summed E-state index contributed by atoms with van der Waals surface area (Å²) in [6.07, 6.45) is 2.28. The van der Waals surface area contributed by atoms with Crippen LogP contribution in [0.4, 0.5) is 30.1 Å². The average molecular weight is 897 g/mol. The number of urea groups is 1. The molecule has 0 radical (unpaired) electrons.